The minimum atomic E-state index is -0.974. The Kier molecular flexibility index (Phi) is 2.77. The van der Waals surface area contributed by atoms with Crippen LogP contribution < -0.4 is 5.32 Å². The zero-order valence-electron chi connectivity index (χ0n) is 11.7. The van der Waals surface area contributed by atoms with Crippen LogP contribution in [0, 0.1) is 29.6 Å². The van der Waals surface area contributed by atoms with Crippen LogP contribution in [0.25, 0.3) is 0 Å². The molecule has 110 valence electrons. The molecule has 21 heavy (non-hydrogen) atoms. The molecule has 0 aliphatic heterocycles. The van der Waals surface area contributed by atoms with E-state index in [-0.39, 0.29) is 17.4 Å². The van der Waals surface area contributed by atoms with Crippen LogP contribution in [0.15, 0.2) is 18.3 Å². The van der Waals surface area contributed by atoms with E-state index in [2.05, 4.69) is 10.3 Å². The number of fused-ring (bicyclic) bond motifs is 5. The standard InChI is InChI=1S/C16H18N2O3/c19-15(14-12-8-1-2-9(5-8)13(12)14)18-7-11-6-10(16(20)21)3-4-17-11/h3-4,6,8-9,12-14H,1-2,5,7H2,(H,18,19)(H,20,21). The molecular formula is C16H18N2O3. The molecule has 3 aliphatic carbocycles. The van der Waals surface area contributed by atoms with Gasteiger partial charge in [0.25, 0.3) is 0 Å². The van der Waals surface area contributed by atoms with Gasteiger partial charge in [-0.3, -0.25) is 9.78 Å². The molecule has 0 aromatic carbocycles. The van der Waals surface area contributed by atoms with E-state index in [1.54, 1.807) is 0 Å². The van der Waals surface area contributed by atoms with Crippen molar-refractivity contribution in [2.75, 3.05) is 0 Å². The fraction of sp³-hybridized carbons (Fsp3) is 0.562. The van der Waals surface area contributed by atoms with Crippen LogP contribution in [-0.2, 0) is 11.3 Å². The third-order valence-electron chi connectivity index (χ3n) is 5.55. The van der Waals surface area contributed by atoms with Crippen molar-refractivity contribution in [3.05, 3.63) is 29.6 Å². The van der Waals surface area contributed by atoms with Crippen molar-refractivity contribution in [3.63, 3.8) is 0 Å². The number of nitrogens with zero attached hydrogens (tertiary/aromatic N) is 1. The molecule has 5 nitrogen and oxygen atoms in total. The lowest BCUT2D eigenvalue weighted by Crippen LogP contribution is -2.27. The lowest BCUT2D eigenvalue weighted by Gasteiger charge is -2.09. The molecule has 5 heteroatoms. The first-order valence-corrected chi connectivity index (χ1v) is 7.61. The Morgan fingerprint density at radius 1 is 1.29 bits per heavy atom. The molecule has 3 aliphatic rings. The fourth-order valence-electron chi connectivity index (χ4n) is 4.68. The summed E-state index contributed by atoms with van der Waals surface area (Å²) in [4.78, 5) is 27.3. The second kappa shape index (κ2) is 4.55. The van der Waals surface area contributed by atoms with Crippen molar-refractivity contribution < 1.29 is 14.7 Å². The highest BCUT2D eigenvalue weighted by Gasteiger charge is 2.67. The SMILES string of the molecule is O=C(O)c1ccnc(CNC(=O)C2C3C4CCC(C4)C23)c1. The first kappa shape index (κ1) is 12.8. The number of carbonyl (C=O) groups excluding carboxylic acids is 1. The van der Waals surface area contributed by atoms with Crippen LogP contribution in [0.2, 0.25) is 0 Å². The second-order valence-electron chi connectivity index (χ2n) is 6.57. The number of hydrogen-bond donors (Lipinski definition) is 2. The highest BCUT2D eigenvalue weighted by atomic mass is 16.4. The summed E-state index contributed by atoms with van der Waals surface area (Å²) in [5, 5.41) is 11.9. The number of nitrogens with one attached hydrogen (secondary N) is 1. The summed E-state index contributed by atoms with van der Waals surface area (Å²) in [6.07, 6.45) is 5.41. The molecule has 1 aromatic heterocycles. The largest absolute Gasteiger partial charge is 0.478 e. The minimum absolute atomic E-state index is 0.129. The van der Waals surface area contributed by atoms with E-state index in [1.165, 1.54) is 37.6 Å². The van der Waals surface area contributed by atoms with Gasteiger partial charge in [-0.25, -0.2) is 4.79 Å². The number of aromatic carboxylic acids is 1. The number of rotatable bonds is 4. The van der Waals surface area contributed by atoms with E-state index >= 15 is 0 Å². The monoisotopic (exact) mass is 286 g/mol. The van der Waals surface area contributed by atoms with Gasteiger partial charge in [0.2, 0.25) is 5.91 Å². The van der Waals surface area contributed by atoms with Gasteiger partial charge in [0, 0.05) is 12.1 Å². The van der Waals surface area contributed by atoms with Crippen LogP contribution in [-0.4, -0.2) is 22.0 Å². The first-order chi connectivity index (χ1) is 10.1. The normalized spacial score (nSPS) is 35.3. The van der Waals surface area contributed by atoms with E-state index in [4.69, 9.17) is 5.11 Å². The van der Waals surface area contributed by atoms with Gasteiger partial charge in [-0.2, -0.15) is 0 Å². The van der Waals surface area contributed by atoms with Gasteiger partial charge in [-0.05, 0) is 55.1 Å². The Balaban J connectivity index is 1.36. The zero-order valence-corrected chi connectivity index (χ0v) is 11.7. The van der Waals surface area contributed by atoms with Gasteiger partial charge >= 0.3 is 5.97 Å². The molecule has 4 rings (SSSR count). The van der Waals surface area contributed by atoms with Crippen molar-refractivity contribution in [2.24, 2.45) is 29.6 Å². The minimum Gasteiger partial charge on any atom is -0.478 e. The second-order valence-corrected chi connectivity index (χ2v) is 6.57. The third kappa shape index (κ3) is 2.03. The van der Waals surface area contributed by atoms with E-state index in [9.17, 15) is 9.59 Å². The number of amides is 1. The van der Waals surface area contributed by atoms with Crippen LogP contribution in [0.4, 0.5) is 0 Å². The third-order valence-corrected chi connectivity index (χ3v) is 5.55. The summed E-state index contributed by atoms with van der Waals surface area (Å²) in [5.41, 5.74) is 0.799. The number of pyridine rings is 1. The molecule has 0 saturated heterocycles. The summed E-state index contributed by atoms with van der Waals surface area (Å²) >= 11 is 0. The lowest BCUT2D eigenvalue weighted by atomic mass is 10.0. The summed E-state index contributed by atoms with van der Waals surface area (Å²) in [6, 6.07) is 2.97. The van der Waals surface area contributed by atoms with Gasteiger partial charge in [-0.1, -0.05) is 0 Å². The van der Waals surface area contributed by atoms with Crippen molar-refractivity contribution in [1.82, 2.24) is 10.3 Å². The van der Waals surface area contributed by atoms with Crippen molar-refractivity contribution >= 4 is 11.9 Å². The maximum absolute atomic E-state index is 12.3. The molecule has 1 heterocycles. The van der Waals surface area contributed by atoms with Crippen LogP contribution in [0.3, 0.4) is 0 Å². The maximum Gasteiger partial charge on any atom is 0.335 e. The Morgan fingerprint density at radius 2 is 2.00 bits per heavy atom. The van der Waals surface area contributed by atoms with Gasteiger partial charge in [0.15, 0.2) is 0 Å². The predicted molar refractivity (Wildman–Crippen MR) is 74.3 cm³/mol. The summed E-state index contributed by atoms with van der Waals surface area (Å²) in [5.74, 6) is 2.18. The number of hydrogen-bond acceptors (Lipinski definition) is 3. The van der Waals surface area contributed by atoms with E-state index < -0.39 is 5.97 Å². The van der Waals surface area contributed by atoms with Crippen molar-refractivity contribution in [2.45, 2.75) is 25.8 Å². The van der Waals surface area contributed by atoms with Crippen LogP contribution in [0.1, 0.15) is 35.3 Å². The quantitative estimate of drug-likeness (QED) is 0.882. The average Bonchev–Trinajstić information content (AvgIpc) is 2.93. The molecule has 4 unspecified atom stereocenters. The Morgan fingerprint density at radius 3 is 2.67 bits per heavy atom. The molecule has 3 saturated carbocycles. The van der Waals surface area contributed by atoms with E-state index in [0.717, 1.165) is 11.8 Å². The number of carbonyl (C=O) groups is 2. The number of carboxylic acids is 1. The lowest BCUT2D eigenvalue weighted by molar-refractivity contribution is -0.123. The molecule has 0 spiro atoms. The predicted octanol–water partition coefficient (Wildman–Crippen LogP) is 1.69. The molecule has 3 fully saturated rings. The average molecular weight is 286 g/mol. The zero-order chi connectivity index (χ0) is 14.6. The molecule has 1 aromatic rings. The highest BCUT2D eigenvalue weighted by Crippen LogP contribution is 2.69. The van der Waals surface area contributed by atoms with Crippen LogP contribution in [0.5, 0.6) is 0 Å². The Hall–Kier alpha value is -1.91. The summed E-state index contributed by atoms with van der Waals surface area (Å²) in [6.45, 7) is 0.311. The molecular weight excluding hydrogens is 268 g/mol. The summed E-state index contributed by atoms with van der Waals surface area (Å²) < 4.78 is 0. The van der Waals surface area contributed by atoms with Crippen molar-refractivity contribution in [3.8, 4) is 0 Å². The van der Waals surface area contributed by atoms with E-state index in [0.29, 0.717) is 24.1 Å². The first-order valence-electron chi connectivity index (χ1n) is 7.61. The Labute approximate surface area is 122 Å². The number of carboxylic acid groups (broad SMARTS) is 1. The van der Waals surface area contributed by atoms with E-state index in [1.807, 2.05) is 0 Å². The molecule has 4 atom stereocenters. The smallest absolute Gasteiger partial charge is 0.335 e. The van der Waals surface area contributed by atoms with Gasteiger partial charge in [0.1, 0.15) is 0 Å². The summed E-state index contributed by atoms with van der Waals surface area (Å²) in [7, 11) is 0. The van der Waals surface area contributed by atoms with Gasteiger partial charge in [0.05, 0.1) is 17.8 Å². The molecule has 0 radical (unpaired) electrons. The van der Waals surface area contributed by atoms with Gasteiger partial charge < -0.3 is 10.4 Å². The molecule has 2 bridgehead atoms. The highest BCUT2D eigenvalue weighted by molar-refractivity contribution is 5.87. The van der Waals surface area contributed by atoms with Crippen LogP contribution >= 0.6 is 0 Å². The fourth-order valence-corrected chi connectivity index (χ4v) is 4.68. The van der Waals surface area contributed by atoms with Crippen molar-refractivity contribution in [1.29, 1.82) is 0 Å². The molecule has 2 N–H and O–H groups in total. The maximum atomic E-state index is 12.3. The molecule has 1 amide bonds. The Bertz CT molecular complexity index is 599. The topological polar surface area (TPSA) is 79.3 Å². The van der Waals surface area contributed by atoms with Gasteiger partial charge in [-0.15, -0.1) is 0 Å². The number of aromatic nitrogens is 1.